The van der Waals surface area contributed by atoms with E-state index >= 15 is 0 Å². The maximum atomic E-state index is 11.9. The standard InChI is InChI=1S/C15H22N2O2.ClH/c16-12(11-6-2-1-3-7-11)10-15(19)17-13-8-4-5-9-14(13)18;/h1-3,6-7,12-14,18H,4-5,8-10,16H2,(H,17,19);1H/t12?,13-,14-;/m0./s1. The minimum atomic E-state index is -0.411. The third-order valence-corrected chi connectivity index (χ3v) is 3.71. The number of hydrogen-bond acceptors (Lipinski definition) is 3. The van der Waals surface area contributed by atoms with Gasteiger partial charge in [0.1, 0.15) is 0 Å². The molecule has 1 aromatic carbocycles. The van der Waals surface area contributed by atoms with Crippen molar-refractivity contribution >= 4 is 18.3 Å². The molecule has 5 heteroatoms. The Hall–Kier alpha value is -1.10. The Bertz CT molecular complexity index is 414. The summed E-state index contributed by atoms with van der Waals surface area (Å²) in [7, 11) is 0. The average molecular weight is 299 g/mol. The summed E-state index contributed by atoms with van der Waals surface area (Å²) in [5, 5.41) is 12.7. The van der Waals surface area contributed by atoms with Crippen molar-refractivity contribution in [1.29, 1.82) is 0 Å². The van der Waals surface area contributed by atoms with E-state index in [1.165, 1.54) is 0 Å². The summed E-state index contributed by atoms with van der Waals surface area (Å²) >= 11 is 0. The molecule has 1 aliphatic carbocycles. The topological polar surface area (TPSA) is 75.4 Å². The van der Waals surface area contributed by atoms with Crippen LogP contribution < -0.4 is 11.1 Å². The van der Waals surface area contributed by atoms with Crippen LogP contribution in [0.5, 0.6) is 0 Å². The lowest BCUT2D eigenvalue weighted by Gasteiger charge is -2.28. The number of halogens is 1. The highest BCUT2D eigenvalue weighted by Gasteiger charge is 2.25. The molecule has 20 heavy (non-hydrogen) atoms. The summed E-state index contributed by atoms with van der Waals surface area (Å²) in [6, 6.07) is 9.21. The fourth-order valence-corrected chi connectivity index (χ4v) is 2.56. The van der Waals surface area contributed by atoms with Gasteiger partial charge in [-0.1, -0.05) is 43.2 Å². The van der Waals surface area contributed by atoms with Crippen molar-refractivity contribution in [1.82, 2.24) is 5.32 Å². The van der Waals surface area contributed by atoms with Crippen LogP contribution in [0.2, 0.25) is 0 Å². The molecule has 1 aromatic rings. The number of amides is 1. The molecule has 1 aliphatic rings. The fraction of sp³-hybridized carbons (Fsp3) is 0.533. The first-order chi connectivity index (χ1) is 9.16. The zero-order valence-corrected chi connectivity index (χ0v) is 12.3. The van der Waals surface area contributed by atoms with Crippen molar-refractivity contribution in [2.45, 2.75) is 50.3 Å². The number of hydrogen-bond donors (Lipinski definition) is 3. The first-order valence-corrected chi connectivity index (χ1v) is 6.95. The zero-order valence-electron chi connectivity index (χ0n) is 11.5. The van der Waals surface area contributed by atoms with Gasteiger partial charge >= 0.3 is 0 Å². The molecule has 1 fully saturated rings. The first kappa shape index (κ1) is 17.0. The van der Waals surface area contributed by atoms with E-state index in [0.29, 0.717) is 0 Å². The number of carbonyl (C=O) groups is 1. The smallest absolute Gasteiger partial charge is 0.222 e. The Balaban J connectivity index is 0.00000200. The van der Waals surface area contributed by atoms with Crippen molar-refractivity contribution in [2.24, 2.45) is 5.73 Å². The van der Waals surface area contributed by atoms with Crippen LogP contribution >= 0.6 is 12.4 Å². The summed E-state index contributed by atoms with van der Waals surface area (Å²) in [6.45, 7) is 0. The third-order valence-electron chi connectivity index (χ3n) is 3.71. The summed E-state index contributed by atoms with van der Waals surface area (Å²) in [6.07, 6.45) is 3.57. The first-order valence-electron chi connectivity index (χ1n) is 6.95. The number of benzene rings is 1. The van der Waals surface area contributed by atoms with Gasteiger partial charge in [-0.05, 0) is 18.4 Å². The minimum Gasteiger partial charge on any atom is -0.391 e. The molecule has 1 saturated carbocycles. The predicted molar refractivity (Wildman–Crippen MR) is 81.6 cm³/mol. The SMILES string of the molecule is Cl.NC(CC(=O)N[C@H]1CCCC[C@@H]1O)c1ccccc1. The van der Waals surface area contributed by atoms with E-state index in [1.807, 2.05) is 30.3 Å². The molecule has 3 atom stereocenters. The molecule has 0 spiro atoms. The molecule has 0 saturated heterocycles. The molecule has 0 aromatic heterocycles. The van der Waals surface area contributed by atoms with Crippen LogP contribution in [-0.4, -0.2) is 23.2 Å². The van der Waals surface area contributed by atoms with Gasteiger partial charge in [0.25, 0.3) is 0 Å². The second kappa shape index (κ2) is 8.25. The molecule has 0 radical (unpaired) electrons. The summed E-state index contributed by atoms with van der Waals surface area (Å²) in [5.41, 5.74) is 6.97. The van der Waals surface area contributed by atoms with E-state index in [9.17, 15) is 9.90 Å². The van der Waals surface area contributed by atoms with Gasteiger partial charge in [-0.3, -0.25) is 4.79 Å². The molecule has 0 heterocycles. The van der Waals surface area contributed by atoms with Gasteiger partial charge in [0.15, 0.2) is 0 Å². The van der Waals surface area contributed by atoms with Crippen molar-refractivity contribution in [3.05, 3.63) is 35.9 Å². The van der Waals surface area contributed by atoms with Gasteiger partial charge in [-0.2, -0.15) is 0 Å². The van der Waals surface area contributed by atoms with Crippen LogP contribution in [0.1, 0.15) is 43.7 Å². The minimum absolute atomic E-state index is 0. The van der Waals surface area contributed by atoms with Gasteiger partial charge in [-0.25, -0.2) is 0 Å². The number of nitrogens with two attached hydrogens (primary N) is 1. The Morgan fingerprint density at radius 3 is 2.60 bits per heavy atom. The number of nitrogens with one attached hydrogen (secondary N) is 1. The number of aliphatic hydroxyl groups excluding tert-OH is 1. The van der Waals surface area contributed by atoms with E-state index in [-0.39, 0.29) is 36.8 Å². The second-order valence-electron chi connectivity index (χ2n) is 5.25. The Morgan fingerprint density at radius 2 is 1.95 bits per heavy atom. The molecule has 1 amide bonds. The molecular formula is C15H23ClN2O2. The lowest BCUT2D eigenvalue weighted by molar-refractivity contribution is -0.123. The lowest BCUT2D eigenvalue weighted by Crippen LogP contribution is -2.45. The van der Waals surface area contributed by atoms with Crippen LogP contribution in [0.15, 0.2) is 30.3 Å². The van der Waals surface area contributed by atoms with Gasteiger partial charge in [0.05, 0.1) is 12.1 Å². The predicted octanol–water partition coefficient (Wildman–Crippen LogP) is 1.92. The van der Waals surface area contributed by atoms with Crippen LogP contribution in [0, 0.1) is 0 Å². The van der Waals surface area contributed by atoms with Gasteiger partial charge in [0, 0.05) is 12.5 Å². The zero-order chi connectivity index (χ0) is 13.7. The van der Waals surface area contributed by atoms with Gasteiger partial charge < -0.3 is 16.2 Å². The van der Waals surface area contributed by atoms with E-state index < -0.39 is 6.10 Å². The van der Waals surface area contributed by atoms with Crippen molar-refractivity contribution in [2.75, 3.05) is 0 Å². The van der Waals surface area contributed by atoms with Gasteiger partial charge in [-0.15, -0.1) is 12.4 Å². The molecule has 2 rings (SSSR count). The Morgan fingerprint density at radius 1 is 1.30 bits per heavy atom. The monoisotopic (exact) mass is 298 g/mol. The third kappa shape index (κ3) is 4.78. The lowest BCUT2D eigenvalue weighted by atomic mass is 9.92. The summed E-state index contributed by atoms with van der Waals surface area (Å²) in [4.78, 5) is 11.9. The highest BCUT2D eigenvalue weighted by atomic mass is 35.5. The Kier molecular flexibility index (Phi) is 6.99. The number of carbonyl (C=O) groups excluding carboxylic acids is 1. The number of rotatable bonds is 4. The molecule has 112 valence electrons. The van der Waals surface area contributed by atoms with Crippen molar-refractivity contribution in [3.8, 4) is 0 Å². The van der Waals surface area contributed by atoms with E-state index in [4.69, 9.17) is 5.73 Å². The van der Waals surface area contributed by atoms with Crippen LogP contribution in [0.4, 0.5) is 0 Å². The fourth-order valence-electron chi connectivity index (χ4n) is 2.56. The maximum Gasteiger partial charge on any atom is 0.222 e. The Labute approximate surface area is 126 Å². The largest absolute Gasteiger partial charge is 0.391 e. The normalized spacial score (nSPS) is 23.5. The number of aliphatic hydroxyl groups is 1. The summed E-state index contributed by atoms with van der Waals surface area (Å²) < 4.78 is 0. The highest BCUT2D eigenvalue weighted by Crippen LogP contribution is 2.19. The van der Waals surface area contributed by atoms with Crippen LogP contribution in [0.25, 0.3) is 0 Å². The van der Waals surface area contributed by atoms with Crippen LogP contribution in [0.3, 0.4) is 0 Å². The molecule has 4 N–H and O–H groups in total. The second-order valence-corrected chi connectivity index (χ2v) is 5.25. The maximum absolute atomic E-state index is 11.9. The highest BCUT2D eigenvalue weighted by molar-refractivity contribution is 5.85. The summed E-state index contributed by atoms with van der Waals surface area (Å²) in [5.74, 6) is -0.0812. The average Bonchev–Trinajstić information content (AvgIpc) is 2.42. The molecule has 1 unspecified atom stereocenters. The van der Waals surface area contributed by atoms with E-state index in [0.717, 1.165) is 31.2 Å². The van der Waals surface area contributed by atoms with Crippen molar-refractivity contribution in [3.63, 3.8) is 0 Å². The molecule has 4 nitrogen and oxygen atoms in total. The quantitative estimate of drug-likeness (QED) is 0.795. The molecular weight excluding hydrogens is 276 g/mol. The van der Waals surface area contributed by atoms with E-state index in [2.05, 4.69) is 5.32 Å². The molecule has 0 bridgehead atoms. The van der Waals surface area contributed by atoms with E-state index in [1.54, 1.807) is 0 Å². The van der Waals surface area contributed by atoms with Crippen molar-refractivity contribution < 1.29 is 9.90 Å². The molecule has 0 aliphatic heterocycles. The van der Waals surface area contributed by atoms with Crippen LogP contribution in [-0.2, 0) is 4.79 Å². The van der Waals surface area contributed by atoms with Gasteiger partial charge in [0.2, 0.25) is 5.91 Å².